The van der Waals surface area contributed by atoms with Crippen molar-refractivity contribution < 1.29 is 14.3 Å². The Labute approximate surface area is 173 Å². The summed E-state index contributed by atoms with van der Waals surface area (Å²) < 4.78 is 10.8. The van der Waals surface area contributed by atoms with Gasteiger partial charge in [-0.05, 0) is 48.7 Å². The number of methoxy groups -OCH3 is 1. The third-order valence-electron chi connectivity index (χ3n) is 5.29. The molecule has 0 aromatic heterocycles. The predicted octanol–water partition coefficient (Wildman–Crippen LogP) is 3.48. The number of nitrogens with one attached hydrogen (secondary N) is 1. The van der Waals surface area contributed by atoms with Gasteiger partial charge in [0.15, 0.2) is 0 Å². The maximum absolute atomic E-state index is 12.5. The van der Waals surface area contributed by atoms with E-state index in [1.807, 2.05) is 29.2 Å². The molecular formula is C23H31N3O3. The van der Waals surface area contributed by atoms with Gasteiger partial charge in [0.05, 0.1) is 13.7 Å². The monoisotopic (exact) mass is 397 g/mol. The molecule has 1 aliphatic heterocycles. The van der Waals surface area contributed by atoms with Crippen LogP contribution in [0.5, 0.6) is 11.5 Å². The molecule has 2 aromatic rings. The zero-order valence-electron chi connectivity index (χ0n) is 17.6. The van der Waals surface area contributed by atoms with Gasteiger partial charge in [-0.25, -0.2) is 4.79 Å². The van der Waals surface area contributed by atoms with E-state index in [2.05, 4.69) is 42.3 Å². The fourth-order valence-corrected chi connectivity index (χ4v) is 3.70. The molecule has 0 aliphatic carbocycles. The highest BCUT2D eigenvalue weighted by Gasteiger charge is 2.23. The van der Waals surface area contributed by atoms with E-state index < -0.39 is 0 Å². The van der Waals surface area contributed by atoms with Gasteiger partial charge in [0.2, 0.25) is 0 Å². The average Bonchev–Trinajstić information content (AvgIpc) is 2.77. The van der Waals surface area contributed by atoms with Gasteiger partial charge in [-0.3, -0.25) is 0 Å². The summed E-state index contributed by atoms with van der Waals surface area (Å²) in [7, 11) is 1.63. The zero-order valence-corrected chi connectivity index (χ0v) is 17.6. The van der Waals surface area contributed by atoms with E-state index in [1.165, 1.54) is 16.8 Å². The molecular weight excluding hydrogens is 366 g/mol. The van der Waals surface area contributed by atoms with Crippen LogP contribution in [0.4, 0.5) is 10.5 Å². The average molecular weight is 398 g/mol. The predicted molar refractivity (Wildman–Crippen MR) is 116 cm³/mol. The van der Waals surface area contributed by atoms with E-state index >= 15 is 0 Å². The van der Waals surface area contributed by atoms with Crippen molar-refractivity contribution >= 4 is 11.7 Å². The van der Waals surface area contributed by atoms with Crippen molar-refractivity contribution in [1.82, 2.24) is 10.2 Å². The molecule has 1 fully saturated rings. The molecule has 0 unspecified atom stereocenters. The molecule has 1 heterocycles. The van der Waals surface area contributed by atoms with E-state index in [9.17, 15) is 4.79 Å². The number of amides is 2. The first-order valence-corrected chi connectivity index (χ1v) is 10.3. The number of carbonyl (C=O) groups is 1. The van der Waals surface area contributed by atoms with Crippen LogP contribution in [0.3, 0.4) is 0 Å². The normalized spacial score (nSPS) is 13.9. The van der Waals surface area contributed by atoms with Crippen LogP contribution in [0.1, 0.15) is 18.1 Å². The Hall–Kier alpha value is -2.89. The van der Waals surface area contributed by atoms with Crippen LogP contribution in [0, 0.1) is 6.92 Å². The molecule has 0 spiro atoms. The second kappa shape index (κ2) is 10.0. The van der Waals surface area contributed by atoms with Crippen LogP contribution in [-0.4, -0.2) is 57.4 Å². The molecule has 0 radical (unpaired) electrons. The highest BCUT2D eigenvalue weighted by molar-refractivity contribution is 5.74. The van der Waals surface area contributed by atoms with Crippen LogP contribution in [0.25, 0.3) is 0 Å². The van der Waals surface area contributed by atoms with Gasteiger partial charge in [0.25, 0.3) is 0 Å². The second-order valence-electron chi connectivity index (χ2n) is 7.17. The number of benzene rings is 2. The maximum Gasteiger partial charge on any atom is 0.317 e. The van der Waals surface area contributed by atoms with Crippen molar-refractivity contribution in [3.8, 4) is 11.5 Å². The summed E-state index contributed by atoms with van der Waals surface area (Å²) in [6.45, 7) is 8.42. The molecule has 0 atom stereocenters. The van der Waals surface area contributed by atoms with Gasteiger partial charge in [0.1, 0.15) is 18.1 Å². The number of nitrogens with zero attached hydrogens (tertiary/aromatic N) is 2. The van der Waals surface area contributed by atoms with Crippen LogP contribution in [0.2, 0.25) is 0 Å². The Balaban J connectivity index is 1.42. The maximum atomic E-state index is 12.5. The van der Waals surface area contributed by atoms with Crippen molar-refractivity contribution in [1.29, 1.82) is 0 Å². The lowest BCUT2D eigenvalue weighted by atomic mass is 10.0. The molecule has 156 valence electrons. The van der Waals surface area contributed by atoms with Gasteiger partial charge in [-0.15, -0.1) is 0 Å². The first-order chi connectivity index (χ1) is 14.1. The minimum Gasteiger partial charge on any atom is -0.497 e. The lowest BCUT2D eigenvalue weighted by molar-refractivity contribution is 0.191. The molecule has 29 heavy (non-hydrogen) atoms. The number of ether oxygens (including phenoxy) is 2. The summed E-state index contributed by atoms with van der Waals surface area (Å²) in [4.78, 5) is 16.7. The van der Waals surface area contributed by atoms with Crippen LogP contribution in [0.15, 0.2) is 42.5 Å². The number of carbonyl (C=O) groups excluding carboxylic acids is 1. The second-order valence-corrected chi connectivity index (χ2v) is 7.17. The summed E-state index contributed by atoms with van der Waals surface area (Å²) in [6.07, 6.45) is 1.02. The minimum absolute atomic E-state index is 0.0246. The molecule has 6 heteroatoms. The van der Waals surface area contributed by atoms with Crippen molar-refractivity contribution in [2.75, 3.05) is 51.3 Å². The smallest absolute Gasteiger partial charge is 0.317 e. The van der Waals surface area contributed by atoms with E-state index in [0.717, 1.165) is 44.1 Å². The Kier molecular flexibility index (Phi) is 7.22. The fraction of sp³-hybridized carbons (Fsp3) is 0.435. The molecule has 1 N–H and O–H groups in total. The van der Waals surface area contributed by atoms with Crippen molar-refractivity contribution in [2.45, 2.75) is 20.3 Å². The Morgan fingerprint density at radius 3 is 2.38 bits per heavy atom. The quantitative estimate of drug-likeness (QED) is 0.727. The Morgan fingerprint density at radius 1 is 1.03 bits per heavy atom. The minimum atomic E-state index is -0.0246. The van der Waals surface area contributed by atoms with Gasteiger partial charge < -0.3 is 24.6 Å². The van der Waals surface area contributed by atoms with E-state index in [4.69, 9.17) is 9.47 Å². The molecule has 2 amide bonds. The number of para-hydroxylation sites is 1. The summed E-state index contributed by atoms with van der Waals surface area (Å²) in [5.41, 5.74) is 4.01. The number of hydrogen-bond acceptors (Lipinski definition) is 4. The highest BCUT2D eigenvalue weighted by Crippen LogP contribution is 2.26. The van der Waals surface area contributed by atoms with Crippen molar-refractivity contribution in [3.63, 3.8) is 0 Å². The fourth-order valence-electron chi connectivity index (χ4n) is 3.70. The molecule has 1 saturated heterocycles. The molecule has 6 nitrogen and oxygen atoms in total. The van der Waals surface area contributed by atoms with Gasteiger partial charge in [-0.1, -0.05) is 25.1 Å². The number of anilines is 1. The summed E-state index contributed by atoms with van der Waals surface area (Å²) in [5, 5.41) is 2.95. The summed E-state index contributed by atoms with van der Waals surface area (Å²) >= 11 is 0. The number of piperazine rings is 1. The van der Waals surface area contributed by atoms with Gasteiger partial charge >= 0.3 is 6.03 Å². The Bertz CT molecular complexity index is 800. The van der Waals surface area contributed by atoms with Gasteiger partial charge in [-0.2, -0.15) is 0 Å². The molecule has 0 bridgehead atoms. The molecule has 0 saturated carbocycles. The lowest BCUT2D eigenvalue weighted by Gasteiger charge is -2.37. The van der Waals surface area contributed by atoms with Crippen molar-refractivity contribution in [3.05, 3.63) is 53.6 Å². The van der Waals surface area contributed by atoms with Crippen molar-refractivity contribution in [2.24, 2.45) is 0 Å². The van der Waals surface area contributed by atoms with E-state index in [1.54, 1.807) is 7.11 Å². The molecule has 2 aromatic carbocycles. The SMILES string of the molecule is CCc1cccc(C)c1N1CCN(C(=O)NCCOc2ccc(OC)cc2)CC1. The van der Waals surface area contributed by atoms with E-state index in [-0.39, 0.29) is 6.03 Å². The van der Waals surface area contributed by atoms with Crippen LogP contribution >= 0.6 is 0 Å². The van der Waals surface area contributed by atoms with Crippen LogP contribution < -0.4 is 19.7 Å². The Morgan fingerprint density at radius 2 is 1.72 bits per heavy atom. The first-order valence-electron chi connectivity index (χ1n) is 10.3. The first kappa shape index (κ1) is 20.8. The number of urea groups is 1. The largest absolute Gasteiger partial charge is 0.497 e. The number of aryl methyl sites for hydroxylation is 2. The van der Waals surface area contributed by atoms with E-state index in [0.29, 0.717) is 13.2 Å². The highest BCUT2D eigenvalue weighted by atomic mass is 16.5. The lowest BCUT2D eigenvalue weighted by Crippen LogP contribution is -2.52. The zero-order chi connectivity index (χ0) is 20.6. The summed E-state index contributed by atoms with van der Waals surface area (Å²) in [5.74, 6) is 1.56. The van der Waals surface area contributed by atoms with Gasteiger partial charge in [0, 0.05) is 31.9 Å². The number of hydrogen-bond donors (Lipinski definition) is 1. The summed E-state index contributed by atoms with van der Waals surface area (Å²) in [6, 6.07) is 13.9. The third-order valence-corrected chi connectivity index (χ3v) is 5.29. The molecule has 1 aliphatic rings. The molecule has 3 rings (SSSR count). The topological polar surface area (TPSA) is 54.0 Å². The third kappa shape index (κ3) is 5.34. The number of rotatable bonds is 7. The standard InChI is InChI=1S/C23H31N3O3/c1-4-19-7-5-6-18(2)22(19)25-13-15-26(16-14-25)23(27)24-12-17-29-21-10-8-20(28-3)9-11-21/h5-11H,4,12-17H2,1-3H3,(H,24,27). The van der Waals surface area contributed by atoms with Crippen LogP contribution in [-0.2, 0) is 6.42 Å².